The van der Waals surface area contributed by atoms with E-state index in [9.17, 15) is 24.4 Å². The van der Waals surface area contributed by atoms with Crippen molar-refractivity contribution >= 4 is 23.3 Å². The van der Waals surface area contributed by atoms with Crippen molar-refractivity contribution in [1.82, 2.24) is 4.98 Å². The van der Waals surface area contributed by atoms with Crippen LogP contribution in [0.2, 0.25) is 5.15 Å². The summed E-state index contributed by atoms with van der Waals surface area (Å²) < 4.78 is 18.5. The van der Waals surface area contributed by atoms with Gasteiger partial charge < -0.3 is 9.84 Å². The summed E-state index contributed by atoms with van der Waals surface area (Å²) in [6.45, 7) is 1.12. The number of nitro benzene ring substituents is 1. The molecule has 2 rings (SSSR count). The van der Waals surface area contributed by atoms with Crippen LogP contribution in [-0.2, 0) is 4.79 Å². The number of aromatic nitrogens is 1. The van der Waals surface area contributed by atoms with Crippen LogP contribution >= 0.6 is 11.6 Å². The number of nitrogens with zero attached hydrogens (tertiary/aromatic N) is 3. The summed E-state index contributed by atoms with van der Waals surface area (Å²) >= 11 is 5.57. The second-order valence-corrected chi connectivity index (χ2v) is 4.79. The molecule has 0 fully saturated rings. The van der Waals surface area contributed by atoms with Gasteiger partial charge in [-0.3, -0.25) is 14.9 Å². The van der Waals surface area contributed by atoms with E-state index in [4.69, 9.17) is 21.6 Å². The molecular formula is C14H7ClFN3O5. The van der Waals surface area contributed by atoms with Crippen LogP contribution in [0.25, 0.3) is 11.3 Å². The molecule has 1 heterocycles. The van der Waals surface area contributed by atoms with Crippen molar-refractivity contribution < 1.29 is 24.0 Å². The quantitative estimate of drug-likeness (QED) is 0.296. The van der Waals surface area contributed by atoms with Gasteiger partial charge in [-0.25, -0.2) is 9.37 Å². The van der Waals surface area contributed by atoms with Crippen LogP contribution in [-0.4, -0.2) is 21.0 Å². The van der Waals surface area contributed by atoms with E-state index in [0.29, 0.717) is 0 Å². The van der Waals surface area contributed by atoms with Gasteiger partial charge in [0, 0.05) is 13.0 Å². The van der Waals surface area contributed by atoms with Crippen molar-refractivity contribution in [3.63, 3.8) is 0 Å². The number of rotatable bonds is 3. The zero-order valence-electron chi connectivity index (χ0n) is 11.9. The lowest BCUT2D eigenvalue weighted by atomic mass is 10.1. The number of nitro groups is 1. The van der Waals surface area contributed by atoms with E-state index in [1.807, 2.05) is 0 Å². The van der Waals surface area contributed by atoms with Crippen molar-refractivity contribution in [2.24, 2.45) is 0 Å². The first-order valence-corrected chi connectivity index (χ1v) is 6.59. The number of carbonyl (C=O) groups is 1. The van der Waals surface area contributed by atoms with Crippen LogP contribution in [0.3, 0.4) is 0 Å². The van der Waals surface area contributed by atoms with Crippen LogP contribution in [0.15, 0.2) is 18.2 Å². The third-order valence-electron chi connectivity index (χ3n) is 2.86. The summed E-state index contributed by atoms with van der Waals surface area (Å²) in [5.41, 5.74) is -2.11. The van der Waals surface area contributed by atoms with Gasteiger partial charge in [0.1, 0.15) is 23.1 Å². The molecule has 0 amide bonds. The Morgan fingerprint density at radius 2 is 2.21 bits per heavy atom. The SMILES string of the molecule is CC(=O)Oc1ccc([N+](=O)[O-])c(-c2nc(Cl)c(F)c(C#N)c2O)c1. The summed E-state index contributed by atoms with van der Waals surface area (Å²) in [6, 6.07) is 4.63. The molecule has 0 unspecified atom stereocenters. The fourth-order valence-corrected chi connectivity index (χ4v) is 2.09. The second kappa shape index (κ2) is 6.47. The van der Waals surface area contributed by atoms with Gasteiger partial charge in [0.2, 0.25) is 0 Å². The first-order valence-electron chi connectivity index (χ1n) is 6.21. The predicted molar refractivity (Wildman–Crippen MR) is 79.0 cm³/mol. The molecule has 8 nitrogen and oxygen atoms in total. The van der Waals surface area contributed by atoms with E-state index >= 15 is 0 Å². The normalized spacial score (nSPS) is 10.1. The largest absolute Gasteiger partial charge is 0.504 e. The van der Waals surface area contributed by atoms with Crippen LogP contribution in [0, 0.1) is 27.3 Å². The van der Waals surface area contributed by atoms with Crippen molar-refractivity contribution in [1.29, 1.82) is 5.26 Å². The van der Waals surface area contributed by atoms with Crippen LogP contribution < -0.4 is 4.74 Å². The highest BCUT2D eigenvalue weighted by Crippen LogP contribution is 2.40. The second-order valence-electron chi connectivity index (χ2n) is 4.43. The molecular weight excluding hydrogens is 345 g/mol. The smallest absolute Gasteiger partial charge is 0.308 e. The average molecular weight is 352 g/mol. The number of ether oxygens (including phenoxy) is 1. The van der Waals surface area contributed by atoms with Crippen molar-refractivity contribution in [3.8, 4) is 28.8 Å². The van der Waals surface area contributed by atoms with E-state index in [1.54, 1.807) is 0 Å². The highest BCUT2D eigenvalue weighted by molar-refractivity contribution is 6.29. The van der Waals surface area contributed by atoms with E-state index in [2.05, 4.69) is 4.98 Å². The van der Waals surface area contributed by atoms with E-state index in [0.717, 1.165) is 25.1 Å². The van der Waals surface area contributed by atoms with Gasteiger partial charge in [-0.2, -0.15) is 5.26 Å². The molecule has 0 atom stereocenters. The number of benzene rings is 1. The number of hydrogen-bond acceptors (Lipinski definition) is 7. The van der Waals surface area contributed by atoms with Crippen molar-refractivity contribution in [2.45, 2.75) is 6.92 Å². The first kappa shape index (κ1) is 17.1. The summed E-state index contributed by atoms with van der Waals surface area (Å²) in [5, 5.41) is 29.3. The van der Waals surface area contributed by atoms with Gasteiger partial charge in [-0.1, -0.05) is 11.6 Å². The molecule has 24 heavy (non-hydrogen) atoms. The molecule has 0 aliphatic heterocycles. The van der Waals surface area contributed by atoms with E-state index < -0.39 is 44.6 Å². The fourth-order valence-electron chi connectivity index (χ4n) is 1.91. The summed E-state index contributed by atoms with van der Waals surface area (Å²) in [6.07, 6.45) is 0. The number of nitriles is 1. The van der Waals surface area contributed by atoms with Crippen molar-refractivity contribution in [2.75, 3.05) is 0 Å². The van der Waals surface area contributed by atoms with Gasteiger partial charge in [0.05, 0.1) is 10.5 Å². The number of halogens is 2. The third kappa shape index (κ3) is 3.09. The standard InChI is InChI=1S/C14H7ClFN3O5/c1-6(20)24-7-2-3-10(19(22)23)8(4-7)12-13(21)9(5-17)11(16)14(15)18-12/h2-4,21H,1H3. The Kier molecular flexibility index (Phi) is 4.61. The molecule has 0 saturated heterocycles. The zero-order chi connectivity index (χ0) is 18.0. The Morgan fingerprint density at radius 3 is 2.75 bits per heavy atom. The molecule has 0 radical (unpaired) electrons. The topological polar surface area (TPSA) is 126 Å². The Bertz CT molecular complexity index is 910. The average Bonchev–Trinajstić information content (AvgIpc) is 2.50. The minimum Gasteiger partial charge on any atom is -0.504 e. The van der Waals surface area contributed by atoms with Gasteiger partial charge >= 0.3 is 5.97 Å². The lowest BCUT2D eigenvalue weighted by Gasteiger charge is -2.09. The maximum atomic E-state index is 13.7. The summed E-state index contributed by atoms with van der Waals surface area (Å²) in [7, 11) is 0. The molecule has 2 aromatic rings. The molecule has 10 heteroatoms. The molecule has 1 aromatic heterocycles. The lowest BCUT2D eigenvalue weighted by molar-refractivity contribution is -0.384. The Labute approximate surface area is 138 Å². The van der Waals surface area contributed by atoms with Crippen LogP contribution in [0.1, 0.15) is 12.5 Å². The minimum atomic E-state index is -1.25. The number of pyridine rings is 1. The Morgan fingerprint density at radius 1 is 1.54 bits per heavy atom. The van der Waals surface area contributed by atoms with Crippen LogP contribution in [0.4, 0.5) is 10.1 Å². The first-order chi connectivity index (χ1) is 11.3. The number of hydrogen-bond donors (Lipinski definition) is 1. The molecule has 0 saturated carbocycles. The molecule has 1 N–H and O–H groups in total. The molecule has 0 aliphatic carbocycles. The zero-order valence-corrected chi connectivity index (χ0v) is 12.7. The molecule has 0 spiro atoms. The minimum absolute atomic E-state index is 0.0664. The van der Waals surface area contributed by atoms with Gasteiger partial charge in [-0.05, 0) is 12.1 Å². The molecule has 0 bridgehead atoms. The highest BCUT2D eigenvalue weighted by Gasteiger charge is 2.26. The fraction of sp³-hybridized carbons (Fsp3) is 0.0714. The van der Waals surface area contributed by atoms with E-state index in [-0.39, 0.29) is 11.3 Å². The van der Waals surface area contributed by atoms with Crippen LogP contribution in [0.5, 0.6) is 11.5 Å². The third-order valence-corrected chi connectivity index (χ3v) is 3.12. The summed E-state index contributed by atoms with van der Waals surface area (Å²) in [5.74, 6) is -2.91. The molecule has 1 aromatic carbocycles. The van der Waals surface area contributed by atoms with E-state index in [1.165, 1.54) is 6.07 Å². The van der Waals surface area contributed by atoms with Gasteiger partial charge in [0.15, 0.2) is 16.7 Å². The Balaban J connectivity index is 2.80. The van der Waals surface area contributed by atoms with Crippen molar-refractivity contribution in [3.05, 3.63) is 44.8 Å². The molecule has 0 aliphatic rings. The number of carbonyl (C=O) groups excluding carboxylic acids is 1. The monoisotopic (exact) mass is 351 g/mol. The maximum absolute atomic E-state index is 13.7. The maximum Gasteiger partial charge on any atom is 0.308 e. The van der Waals surface area contributed by atoms with Gasteiger partial charge in [-0.15, -0.1) is 0 Å². The molecule has 122 valence electrons. The highest BCUT2D eigenvalue weighted by atomic mass is 35.5. The number of aromatic hydroxyl groups is 1. The summed E-state index contributed by atoms with van der Waals surface area (Å²) in [4.78, 5) is 25.0. The lowest BCUT2D eigenvalue weighted by Crippen LogP contribution is -2.03. The Hall–Kier alpha value is -3.25. The predicted octanol–water partition coefficient (Wildman–Crippen LogP) is 2.95. The van der Waals surface area contributed by atoms with Gasteiger partial charge in [0.25, 0.3) is 5.69 Å². The number of esters is 1.